The lowest BCUT2D eigenvalue weighted by Gasteiger charge is -2.45. The molecule has 0 spiro atoms. The summed E-state index contributed by atoms with van der Waals surface area (Å²) in [6.45, 7) is 4.67. The van der Waals surface area contributed by atoms with Crippen molar-refractivity contribution < 1.29 is 14.0 Å². The number of carbonyl (C=O) groups excluding carboxylic acids is 2. The molecular formula is C27H34FN3O2. The number of aryl methyl sites for hydroxylation is 1. The molecule has 1 heterocycles. The minimum Gasteiger partial charge on any atom is -0.335 e. The Morgan fingerprint density at radius 1 is 1.09 bits per heavy atom. The number of amides is 2. The van der Waals surface area contributed by atoms with E-state index in [0.717, 1.165) is 45.3 Å². The van der Waals surface area contributed by atoms with Crippen LogP contribution in [0.3, 0.4) is 0 Å². The molecule has 5 nitrogen and oxygen atoms in total. The highest BCUT2D eigenvalue weighted by Crippen LogP contribution is 2.36. The van der Waals surface area contributed by atoms with Crippen molar-refractivity contribution in [3.05, 3.63) is 65.5 Å². The van der Waals surface area contributed by atoms with Crippen molar-refractivity contribution in [2.75, 3.05) is 25.0 Å². The van der Waals surface area contributed by atoms with Gasteiger partial charge in [0.1, 0.15) is 5.82 Å². The monoisotopic (exact) mass is 451 g/mol. The smallest absolute Gasteiger partial charge is 0.319 e. The Balaban J connectivity index is 1.29. The molecule has 33 heavy (non-hydrogen) atoms. The van der Waals surface area contributed by atoms with E-state index in [2.05, 4.69) is 15.5 Å². The highest BCUT2D eigenvalue weighted by molar-refractivity contribution is 5.96. The number of halogens is 1. The van der Waals surface area contributed by atoms with Crippen LogP contribution in [0.5, 0.6) is 0 Å². The number of urea groups is 1. The Morgan fingerprint density at radius 2 is 1.91 bits per heavy atom. The Morgan fingerprint density at radius 3 is 2.70 bits per heavy atom. The van der Waals surface area contributed by atoms with Crippen LogP contribution in [-0.2, 0) is 6.42 Å². The van der Waals surface area contributed by atoms with Crippen molar-refractivity contribution in [3.8, 4) is 0 Å². The Kier molecular flexibility index (Phi) is 7.76. The van der Waals surface area contributed by atoms with Crippen LogP contribution in [0.1, 0.15) is 54.9 Å². The first-order valence-electron chi connectivity index (χ1n) is 12.1. The standard InChI is InChI=1S/C27H34FN3O2/c1-19(32)22-7-2-8-24(17-22)29-27(33)30-26-9-3-6-21-14-16-31(18-25(21)26)15-4-5-20-10-12-23(28)13-11-20/h2,7-8,10-13,17,21,25-26H,3-6,9,14-16,18H2,1H3,(H2,29,30,33)/t21?,25?,26-/m0/s1. The molecule has 2 aromatic carbocycles. The van der Waals surface area contributed by atoms with Gasteiger partial charge in [-0.1, -0.05) is 30.7 Å². The van der Waals surface area contributed by atoms with E-state index in [1.54, 1.807) is 24.3 Å². The number of Topliss-reactive ketones (excluding diaryl/α,β-unsaturated/α-hetero) is 1. The average molecular weight is 452 g/mol. The van der Waals surface area contributed by atoms with Crippen LogP contribution in [0.15, 0.2) is 48.5 Å². The van der Waals surface area contributed by atoms with E-state index < -0.39 is 0 Å². The maximum Gasteiger partial charge on any atom is 0.319 e. The fourth-order valence-corrected chi connectivity index (χ4v) is 5.42. The van der Waals surface area contributed by atoms with Crippen molar-refractivity contribution in [2.24, 2.45) is 11.8 Å². The number of fused-ring (bicyclic) bond motifs is 1. The molecule has 4 rings (SSSR count). The van der Waals surface area contributed by atoms with Crippen molar-refractivity contribution >= 4 is 17.5 Å². The quantitative estimate of drug-likeness (QED) is 0.564. The number of hydrogen-bond donors (Lipinski definition) is 2. The highest BCUT2D eigenvalue weighted by atomic mass is 19.1. The summed E-state index contributed by atoms with van der Waals surface area (Å²) in [7, 11) is 0. The minimum absolute atomic E-state index is 0.0177. The molecule has 176 valence electrons. The second-order valence-corrected chi connectivity index (χ2v) is 9.52. The van der Waals surface area contributed by atoms with Gasteiger partial charge in [0, 0.05) is 23.8 Å². The van der Waals surface area contributed by atoms with E-state index in [9.17, 15) is 14.0 Å². The SMILES string of the molecule is CC(=O)c1cccc(NC(=O)N[C@H]2CCCC3CCN(CCCc4ccc(F)cc4)CC32)c1. The molecular weight excluding hydrogens is 417 g/mol. The maximum absolute atomic E-state index is 13.1. The van der Waals surface area contributed by atoms with Gasteiger partial charge in [-0.25, -0.2) is 9.18 Å². The summed E-state index contributed by atoms with van der Waals surface area (Å²) in [5, 5.41) is 6.13. The number of piperidine rings is 1. The number of benzene rings is 2. The zero-order valence-electron chi connectivity index (χ0n) is 19.4. The third-order valence-electron chi connectivity index (χ3n) is 7.19. The van der Waals surface area contributed by atoms with Crippen molar-refractivity contribution in [1.82, 2.24) is 10.2 Å². The van der Waals surface area contributed by atoms with Gasteiger partial charge in [-0.15, -0.1) is 0 Å². The fourth-order valence-electron chi connectivity index (χ4n) is 5.42. The van der Waals surface area contributed by atoms with Crippen molar-refractivity contribution in [2.45, 2.75) is 51.5 Å². The van der Waals surface area contributed by atoms with Crippen LogP contribution in [0.25, 0.3) is 0 Å². The normalized spacial score (nSPS) is 22.9. The number of carbonyl (C=O) groups is 2. The molecule has 0 aromatic heterocycles. The molecule has 3 atom stereocenters. The fraction of sp³-hybridized carbons (Fsp3) is 0.481. The van der Waals surface area contributed by atoms with E-state index in [4.69, 9.17) is 0 Å². The molecule has 1 saturated carbocycles. The summed E-state index contributed by atoms with van der Waals surface area (Å²) in [4.78, 5) is 26.9. The van der Waals surface area contributed by atoms with Gasteiger partial charge in [-0.2, -0.15) is 0 Å². The number of rotatable bonds is 7. The number of anilines is 1. The molecule has 2 amide bonds. The summed E-state index contributed by atoms with van der Waals surface area (Å²) in [5.41, 5.74) is 2.40. The lowest BCUT2D eigenvalue weighted by atomic mass is 9.72. The van der Waals surface area contributed by atoms with E-state index in [1.807, 2.05) is 12.1 Å². The maximum atomic E-state index is 13.1. The van der Waals surface area contributed by atoms with Gasteiger partial charge in [0.05, 0.1) is 0 Å². The first kappa shape index (κ1) is 23.4. The van der Waals surface area contributed by atoms with Gasteiger partial charge in [0.25, 0.3) is 0 Å². The lowest BCUT2D eigenvalue weighted by molar-refractivity contribution is 0.0641. The first-order chi connectivity index (χ1) is 16.0. The van der Waals surface area contributed by atoms with Gasteiger partial charge in [-0.3, -0.25) is 4.79 Å². The molecule has 6 heteroatoms. The van der Waals surface area contributed by atoms with Crippen molar-refractivity contribution in [1.29, 1.82) is 0 Å². The van der Waals surface area contributed by atoms with Crippen LogP contribution in [0.4, 0.5) is 14.9 Å². The number of ketones is 1. The Bertz CT molecular complexity index is 962. The summed E-state index contributed by atoms with van der Waals surface area (Å²) in [6, 6.07) is 13.8. The molecule has 0 radical (unpaired) electrons. The first-order valence-corrected chi connectivity index (χ1v) is 12.1. The van der Waals surface area contributed by atoms with E-state index in [0.29, 0.717) is 23.1 Å². The van der Waals surface area contributed by atoms with Gasteiger partial charge < -0.3 is 15.5 Å². The van der Waals surface area contributed by atoms with Crippen LogP contribution < -0.4 is 10.6 Å². The zero-order chi connectivity index (χ0) is 23.2. The number of nitrogens with zero attached hydrogens (tertiary/aromatic N) is 1. The molecule has 2 aliphatic rings. The predicted octanol–water partition coefficient (Wildman–Crippen LogP) is 5.27. The minimum atomic E-state index is -0.199. The van der Waals surface area contributed by atoms with Crippen molar-refractivity contribution in [3.63, 3.8) is 0 Å². The molecule has 2 aromatic rings. The van der Waals surface area contributed by atoms with E-state index in [1.165, 1.54) is 37.5 Å². The lowest BCUT2D eigenvalue weighted by Crippen LogP contribution is -2.53. The summed E-state index contributed by atoms with van der Waals surface area (Å²) >= 11 is 0. The predicted molar refractivity (Wildman–Crippen MR) is 129 cm³/mol. The van der Waals surface area contributed by atoms with Gasteiger partial charge >= 0.3 is 6.03 Å². The summed E-state index contributed by atoms with van der Waals surface area (Å²) in [6.07, 6.45) is 6.58. The van der Waals surface area contributed by atoms with E-state index >= 15 is 0 Å². The Hall–Kier alpha value is -2.73. The van der Waals surface area contributed by atoms with Crippen LogP contribution >= 0.6 is 0 Å². The van der Waals surface area contributed by atoms with Crippen LogP contribution in [0.2, 0.25) is 0 Å². The van der Waals surface area contributed by atoms with Crippen LogP contribution in [0, 0.1) is 17.7 Å². The molecule has 1 saturated heterocycles. The second-order valence-electron chi connectivity index (χ2n) is 9.52. The van der Waals surface area contributed by atoms with Gasteiger partial charge in [0.2, 0.25) is 0 Å². The number of likely N-dealkylation sites (tertiary alicyclic amines) is 1. The molecule has 0 bridgehead atoms. The molecule has 2 fully saturated rings. The second kappa shape index (κ2) is 10.9. The molecule has 1 aliphatic heterocycles. The topological polar surface area (TPSA) is 61.4 Å². The largest absolute Gasteiger partial charge is 0.335 e. The number of nitrogens with one attached hydrogen (secondary N) is 2. The summed E-state index contributed by atoms with van der Waals surface area (Å²) in [5.74, 6) is 0.925. The van der Waals surface area contributed by atoms with Gasteiger partial charge in [-0.05, 0) is 93.8 Å². The third kappa shape index (κ3) is 6.41. The van der Waals surface area contributed by atoms with Gasteiger partial charge in [0.15, 0.2) is 5.78 Å². The summed E-state index contributed by atoms with van der Waals surface area (Å²) < 4.78 is 13.1. The molecule has 2 unspecified atom stereocenters. The van der Waals surface area contributed by atoms with Crippen LogP contribution in [-0.4, -0.2) is 42.4 Å². The highest BCUT2D eigenvalue weighted by Gasteiger charge is 2.37. The molecule has 1 aliphatic carbocycles. The Labute approximate surface area is 195 Å². The van der Waals surface area contributed by atoms with E-state index in [-0.39, 0.29) is 23.7 Å². The third-order valence-corrected chi connectivity index (χ3v) is 7.19. The zero-order valence-corrected chi connectivity index (χ0v) is 19.4. The average Bonchev–Trinajstić information content (AvgIpc) is 2.81. The number of hydrogen-bond acceptors (Lipinski definition) is 3. The molecule has 2 N–H and O–H groups in total.